The minimum absolute atomic E-state index is 0.207. The van der Waals surface area contributed by atoms with Gasteiger partial charge in [0.2, 0.25) is 0 Å². The van der Waals surface area contributed by atoms with Gasteiger partial charge in [0, 0.05) is 47.8 Å². The van der Waals surface area contributed by atoms with Crippen molar-refractivity contribution in [2.75, 3.05) is 47.8 Å². The molecule has 0 aromatic heterocycles. The van der Waals surface area contributed by atoms with Gasteiger partial charge in [-0.05, 0) is 39.5 Å². The smallest absolute Gasteiger partial charge is 0.410 e. The van der Waals surface area contributed by atoms with Gasteiger partial charge < -0.3 is 19.4 Å². The van der Waals surface area contributed by atoms with Gasteiger partial charge in [0.25, 0.3) is 0 Å². The lowest BCUT2D eigenvalue weighted by molar-refractivity contribution is 0.0170. The molecule has 1 aliphatic rings. The molecule has 0 bridgehead atoms. The highest BCUT2D eigenvalue weighted by Gasteiger charge is 2.27. The lowest BCUT2D eigenvalue weighted by Crippen LogP contribution is -2.44. The van der Waals surface area contributed by atoms with E-state index in [1.165, 1.54) is 0 Å². The molecule has 0 aromatic rings. The molecular weight excluding hydrogens is 280 g/mol. The molecule has 1 heterocycles. The van der Waals surface area contributed by atoms with Gasteiger partial charge in [0.15, 0.2) is 5.96 Å². The molecule has 1 aliphatic heterocycles. The first-order chi connectivity index (χ1) is 10.1. The van der Waals surface area contributed by atoms with Crippen LogP contribution in [0.15, 0.2) is 4.99 Å². The maximum Gasteiger partial charge on any atom is 0.410 e. The third-order valence-corrected chi connectivity index (χ3v) is 3.46. The van der Waals surface area contributed by atoms with Crippen molar-refractivity contribution in [3.05, 3.63) is 0 Å². The van der Waals surface area contributed by atoms with E-state index in [9.17, 15) is 4.79 Å². The van der Waals surface area contributed by atoms with Crippen LogP contribution in [0.3, 0.4) is 0 Å². The van der Waals surface area contributed by atoms with Gasteiger partial charge in [0.05, 0.1) is 0 Å². The van der Waals surface area contributed by atoms with Gasteiger partial charge in [0.1, 0.15) is 5.60 Å². The summed E-state index contributed by atoms with van der Waals surface area (Å²) in [4.78, 5) is 22.7. The number of carbonyl (C=O) groups is 1. The Morgan fingerprint density at radius 2 is 1.82 bits per heavy atom. The Balaban J connectivity index is 2.60. The van der Waals surface area contributed by atoms with Crippen LogP contribution in [0.5, 0.6) is 0 Å². The molecule has 0 N–H and O–H groups in total. The van der Waals surface area contributed by atoms with Crippen LogP contribution < -0.4 is 0 Å². The summed E-state index contributed by atoms with van der Waals surface area (Å²) in [6.45, 7) is 7.95. The summed E-state index contributed by atoms with van der Waals surface area (Å²) < 4.78 is 5.46. The predicted molar refractivity (Wildman–Crippen MR) is 90.2 cm³/mol. The van der Waals surface area contributed by atoms with E-state index in [1.54, 1.807) is 0 Å². The van der Waals surface area contributed by atoms with Crippen LogP contribution in [0.1, 0.15) is 33.6 Å². The number of rotatable bonds is 2. The fraction of sp³-hybridized carbons (Fsp3) is 0.875. The first-order valence-electron chi connectivity index (χ1n) is 7.97. The van der Waals surface area contributed by atoms with Gasteiger partial charge in [-0.1, -0.05) is 0 Å². The molecule has 128 valence electrons. The highest BCUT2D eigenvalue weighted by Crippen LogP contribution is 2.19. The third-order valence-electron chi connectivity index (χ3n) is 3.46. The van der Waals surface area contributed by atoms with Crippen molar-refractivity contribution in [1.82, 2.24) is 14.7 Å². The normalized spacial score (nSPS) is 18.7. The maximum absolute atomic E-state index is 12.2. The zero-order valence-electron chi connectivity index (χ0n) is 15.2. The van der Waals surface area contributed by atoms with Crippen LogP contribution in [0.25, 0.3) is 0 Å². The van der Waals surface area contributed by atoms with E-state index in [1.807, 2.05) is 63.7 Å². The van der Waals surface area contributed by atoms with E-state index in [0.717, 1.165) is 38.4 Å². The van der Waals surface area contributed by atoms with E-state index in [-0.39, 0.29) is 6.09 Å². The zero-order valence-corrected chi connectivity index (χ0v) is 15.2. The average Bonchev–Trinajstić information content (AvgIpc) is 2.36. The van der Waals surface area contributed by atoms with E-state index in [0.29, 0.717) is 5.92 Å². The number of carbonyl (C=O) groups excluding carboxylic acids is 1. The van der Waals surface area contributed by atoms with Crippen LogP contribution in [0, 0.1) is 5.92 Å². The van der Waals surface area contributed by atoms with Gasteiger partial charge in [-0.3, -0.25) is 4.99 Å². The van der Waals surface area contributed by atoms with E-state index in [4.69, 9.17) is 9.73 Å². The Bertz CT molecular complexity index is 389. The number of amides is 1. The second-order valence-corrected chi connectivity index (χ2v) is 7.36. The predicted octanol–water partition coefficient (Wildman–Crippen LogP) is 2.11. The van der Waals surface area contributed by atoms with E-state index >= 15 is 0 Å². The molecule has 1 fully saturated rings. The molecule has 0 spiro atoms. The molecule has 0 aliphatic carbocycles. The van der Waals surface area contributed by atoms with Crippen molar-refractivity contribution in [2.24, 2.45) is 10.9 Å². The number of hydrogen-bond donors (Lipinski definition) is 0. The number of likely N-dealkylation sites (tertiary alicyclic amines) is 1. The Morgan fingerprint density at radius 1 is 1.23 bits per heavy atom. The molecule has 22 heavy (non-hydrogen) atoms. The van der Waals surface area contributed by atoms with E-state index in [2.05, 4.69) is 0 Å². The van der Waals surface area contributed by atoms with Crippen molar-refractivity contribution < 1.29 is 9.53 Å². The number of ether oxygens (including phenoxy) is 1. The fourth-order valence-electron chi connectivity index (χ4n) is 2.60. The van der Waals surface area contributed by atoms with Crippen LogP contribution in [0.4, 0.5) is 4.79 Å². The van der Waals surface area contributed by atoms with Gasteiger partial charge in [-0.25, -0.2) is 4.79 Å². The summed E-state index contributed by atoms with van der Waals surface area (Å²) in [5.41, 5.74) is -0.439. The molecular formula is C16H32N4O2. The van der Waals surface area contributed by atoms with Gasteiger partial charge >= 0.3 is 6.09 Å². The number of guanidine groups is 1. The highest BCUT2D eigenvalue weighted by molar-refractivity contribution is 5.79. The lowest BCUT2D eigenvalue weighted by Gasteiger charge is -2.34. The number of piperidine rings is 1. The molecule has 1 rings (SSSR count). The summed E-state index contributed by atoms with van der Waals surface area (Å²) in [6, 6.07) is 0. The van der Waals surface area contributed by atoms with Crippen molar-refractivity contribution in [2.45, 2.75) is 39.2 Å². The Morgan fingerprint density at radius 3 is 2.32 bits per heavy atom. The fourth-order valence-corrected chi connectivity index (χ4v) is 2.60. The summed E-state index contributed by atoms with van der Waals surface area (Å²) >= 11 is 0. The summed E-state index contributed by atoms with van der Waals surface area (Å²) in [7, 11) is 7.97. The molecule has 6 heteroatoms. The van der Waals surface area contributed by atoms with Crippen LogP contribution in [-0.4, -0.2) is 80.2 Å². The SMILES string of the molecule is CN(C)C(=NCC1CCCN(C(=O)OC(C)(C)C)C1)N(C)C. The molecule has 0 saturated carbocycles. The van der Waals surface area contributed by atoms with Crippen LogP contribution in [0.2, 0.25) is 0 Å². The Labute approximate surface area is 135 Å². The minimum atomic E-state index is -0.439. The van der Waals surface area contributed by atoms with Crippen molar-refractivity contribution in [3.8, 4) is 0 Å². The quantitative estimate of drug-likeness (QED) is 0.579. The molecule has 0 radical (unpaired) electrons. The third kappa shape index (κ3) is 6.12. The van der Waals surface area contributed by atoms with Crippen molar-refractivity contribution >= 4 is 12.1 Å². The number of nitrogens with zero attached hydrogens (tertiary/aromatic N) is 4. The number of hydrogen-bond acceptors (Lipinski definition) is 3. The molecule has 1 atom stereocenters. The zero-order chi connectivity index (χ0) is 16.9. The summed E-state index contributed by atoms with van der Waals surface area (Å²) in [5, 5.41) is 0. The maximum atomic E-state index is 12.2. The average molecular weight is 312 g/mol. The summed E-state index contributed by atoms with van der Waals surface area (Å²) in [6.07, 6.45) is 1.91. The Hall–Kier alpha value is -1.46. The molecule has 1 unspecified atom stereocenters. The topological polar surface area (TPSA) is 48.4 Å². The number of aliphatic imine (C=N–C) groups is 1. The second kappa shape index (κ2) is 7.70. The second-order valence-electron chi connectivity index (χ2n) is 7.36. The van der Waals surface area contributed by atoms with E-state index < -0.39 is 5.60 Å². The van der Waals surface area contributed by atoms with Gasteiger partial charge in [-0.15, -0.1) is 0 Å². The Kier molecular flexibility index (Phi) is 6.50. The molecule has 6 nitrogen and oxygen atoms in total. The largest absolute Gasteiger partial charge is 0.444 e. The van der Waals surface area contributed by atoms with Crippen molar-refractivity contribution in [1.29, 1.82) is 0 Å². The van der Waals surface area contributed by atoms with Crippen molar-refractivity contribution in [3.63, 3.8) is 0 Å². The highest BCUT2D eigenvalue weighted by atomic mass is 16.6. The standard InChI is InChI=1S/C16H32N4O2/c1-16(2,3)22-15(21)20-10-8-9-13(12-20)11-17-14(18(4)5)19(6)7/h13H,8-12H2,1-7H3. The van der Waals surface area contributed by atoms with Crippen LogP contribution in [-0.2, 0) is 4.74 Å². The summed E-state index contributed by atoms with van der Waals surface area (Å²) in [5.74, 6) is 1.35. The molecule has 0 aromatic carbocycles. The first kappa shape index (κ1) is 18.6. The minimum Gasteiger partial charge on any atom is -0.444 e. The lowest BCUT2D eigenvalue weighted by atomic mass is 9.98. The van der Waals surface area contributed by atoms with Gasteiger partial charge in [-0.2, -0.15) is 0 Å². The van der Waals surface area contributed by atoms with Crippen LogP contribution >= 0.6 is 0 Å². The molecule has 1 saturated heterocycles. The molecule has 1 amide bonds. The monoisotopic (exact) mass is 312 g/mol. The first-order valence-corrected chi connectivity index (χ1v) is 7.97.